The van der Waals surface area contributed by atoms with E-state index in [4.69, 9.17) is 4.84 Å². The number of unbranched alkanes of at least 4 members (excludes halogenated alkanes) is 21. The Labute approximate surface area is 232 Å². The molecule has 0 fully saturated rings. The molecule has 2 unspecified atom stereocenters. The van der Waals surface area contributed by atoms with E-state index in [1.165, 1.54) is 141 Å². The van der Waals surface area contributed by atoms with Gasteiger partial charge >= 0.3 is 0 Å². The largest absolute Gasteiger partial charge is 1.00 e. The predicted octanol–water partition coefficient (Wildman–Crippen LogP) is 6.23. The smallest absolute Gasteiger partial charge is 0.219 e. The van der Waals surface area contributed by atoms with Gasteiger partial charge in [0.1, 0.15) is 6.10 Å². The monoisotopic (exact) mass is 563 g/mol. The lowest BCUT2D eigenvalue weighted by Gasteiger charge is -2.17. The van der Waals surface area contributed by atoms with Gasteiger partial charge in [-0.1, -0.05) is 169 Å². The van der Waals surface area contributed by atoms with E-state index in [1.54, 1.807) is 5.48 Å². The van der Waals surface area contributed by atoms with Crippen LogP contribution in [0.2, 0.25) is 0 Å². The molecule has 0 radical (unpaired) electrons. The molecule has 0 saturated heterocycles. The van der Waals surface area contributed by atoms with Gasteiger partial charge in [-0.2, -0.15) is 5.48 Å². The standard InChI is InChI=1S/C31H65NO2.BrH/c1-5-7-8-9-10-11-12-13-14-15-16-17-18-19-20-21-22-23-24-25-26-27-28-30(6-2)34-32-31(33)29(3)4;/h29-33H,5-28H2,1-4H3;1H. The average Bonchev–Trinajstić information content (AvgIpc) is 2.83. The minimum absolute atomic E-state index is 0. The summed E-state index contributed by atoms with van der Waals surface area (Å²) < 4.78 is 0. The summed E-state index contributed by atoms with van der Waals surface area (Å²) >= 11 is 0. The van der Waals surface area contributed by atoms with Crippen molar-refractivity contribution in [3.05, 3.63) is 0 Å². The zero-order valence-corrected chi connectivity index (χ0v) is 26.1. The van der Waals surface area contributed by atoms with Crippen molar-refractivity contribution in [1.29, 1.82) is 0 Å². The van der Waals surface area contributed by atoms with Crippen molar-refractivity contribution in [2.45, 2.75) is 194 Å². The van der Waals surface area contributed by atoms with Gasteiger partial charge in [-0.25, -0.2) is 4.84 Å². The van der Waals surface area contributed by atoms with Gasteiger partial charge in [0.2, 0.25) is 6.23 Å². The van der Waals surface area contributed by atoms with Crippen LogP contribution in [0.4, 0.5) is 0 Å². The molecule has 2 atom stereocenters. The highest BCUT2D eigenvalue weighted by atomic mass is 79.9. The van der Waals surface area contributed by atoms with Crippen molar-refractivity contribution in [3.8, 4) is 0 Å². The molecular weight excluding hydrogens is 498 g/mol. The van der Waals surface area contributed by atoms with Gasteiger partial charge in [-0.3, -0.25) is 0 Å². The first kappa shape index (κ1) is 37.5. The molecule has 0 saturated carbocycles. The first-order valence-corrected chi connectivity index (χ1v) is 15.8. The Morgan fingerprint density at radius 3 is 1.14 bits per heavy atom. The molecule has 0 rings (SSSR count). The van der Waals surface area contributed by atoms with E-state index in [1.807, 2.05) is 13.8 Å². The quantitative estimate of drug-likeness (QED) is 0.0672. The number of nitrogens with two attached hydrogens (primary N) is 1. The summed E-state index contributed by atoms with van der Waals surface area (Å²) in [6.45, 7) is 8.52. The number of quaternary nitrogens is 1. The predicted molar refractivity (Wildman–Crippen MR) is 150 cm³/mol. The number of hydrogen-bond acceptors (Lipinski definition) is 2. The molecule has 35 heavy (non-hydrogen) atoms. The van der Waals surface area contributed by atoms with Crippen molar-refractivity contribution >= 4 is 0 Å². The lowest BCUT2D eigenvalue weighted by molar-refractivity contribution is -0.948. The zero-order chi connectivity index (χ0) is 25.1. The maximum Gasteiger partial charge on any atom is 0.219 e. The van der Waals surface area contributed by atoms with E-state index in [0.717, 1.165) is 12.8 Å². The molecule has 3 N–H and O–H groups in total. The summed E-state index contributed by atoms with van der Waals surface area (Å²) in [7, 11) is 0. The molecule has 0 heterocycles. The van der Waals surface area contributed by atoms with Crippen LogP contribution in [-0.2, 0) is 4.84 Å². The summed E-state index contributed by atoms with van der Waals surface area (Å²) in [6, 6.07) is 0. The third-order valence-corrected chi connectivity index (χ3v) is 7.43. The molecule has 0 aliphatic heterocycles. The first-order chi connectivity index (χ1) is 16.6. The van der Waals surface area contributed by atoms with Gasteiger partial charge < -0.3 is 22.1 Å². The molecule has 0 aliphatic carbocycles. The Morgan fingerprint density at radius 2 is 0.857 bits per heavy atom. The maximum atomic E-state index is 9.84. The van der Waals surface area contributed by atoms with Crippen molar-refractivity contribution < 1.29 is 32.4 Å². The molecule has 3 nitrogen and oxygen atoms in total. The van der Waals surface area contributed by atoms with Gasteiger partial charge in [-0.15, -0.1) is 0 Å². The lowest BCUT2D eigenvalue weighted by Crippen LogP contribution is -3.00. The summed E-state index contributed by atoms with van der Waals surface area (Å²) in [5.41, 5.74) is 1.65. The molecule has 0 aliphatic rings. The molecule has 0 aromatic rings. The molecule has 0 aromatic carbocycles. The second-order valence-electron chi connectivity index (χ2n) is 11.3. The fourth-order valence-corrected chi connectivity index (χ4v) is 4.70. The summed E-state index contributed by atoms with van der Waals surface area (Å²) in [5.74, 6) is 0.229. The van der Waals surface area contributed by atoms with Crippen LogP contribution in [0.3, 0.4) is 0 Å². The highest BCUT2D eigenvalue weighted by Gasteiger charge is 2.16. The van der Waals surface area contributed by atoms with Crippen LogP contribution < -0.4 is 22.5 Å². The van der Waals surface area contributed by atoms with Gasteiger partial charge in [0.05, 0.1) is 0 Å². The number of halogens is 1. The molecular formula is C31H66BrNO2. The summed E-state index contributed by atoms with van der Waals surface area (Å²) in [6.07, 6.45) is 33.5. The third kappa shape index (κ3) is 28.8. The fourth-order valence-electron chi connectivity index (χ4n) is 4.70. The minimum atomic E-state index is -0.446. The Hall–Kier alpha value is 0.360. The van der Waals surface area contributed by atoms with Crippen LogP contribution in [0.5, 0.6) is 0 Å². The van der Waals surface area contributed by atoms with E-state index in [9.17, 15) is 5.11 Å². The van der Waals surface area contributed by atoms with Crippen molar-refractivity contribution in [2.75, 3.05) is 0 Å². The molecule has 4 heteroatoms. The molecule has 0 spiro atoms. The van der Waals surface area contributed by atoms with E-state index in [-0.39, 0.29) is 29.0 Å². The van der Waals surface area contributed by atoms with Crippen molar-refractivity contribution in [2.24, 2.45) is 5.92 Å². The molecule has 0 bridgehead atoms. The van der Waals surface area contributed by atoms with E-state index >= 15 is 0 Å². The van der Waals surface area contributed by atoms with Gasteiger partial charge in [-0.05, 0) is 12.8 Å². The van der Waals surface area contributed by atoms with Crippen molar-refractivity contribution in [3.63, 3.8) is 0 Å². The summed E-state index contributed by atoms with van der Waals surface area (Å²) in [4.78, 5) is 5.79. The zero-order valence-electron chi connectivity index (χ0n) is 24.5. The lowest BCUT2D eigenvalue weighted by atomic mass is 10.0. The second-order valence-corrected chi connectivity index (χ2v) is 11.3. The number of hydrogen-bond donors (Lipinski definition) is 2. The number of aliphatic hydroxyl groups is 1. The van der Waals surface area contributed by atoms with Crippen LogP contribution in [0.1, 0.15) is 182 Å². The van der Waals surface area contributed by atoms with E-state index in [2.05, 4.69) is 13.8 Å². The van der Waals surface area contributed by atoms with Crippen LogP contribution >= 0.6 is 0 Å². The Bertz CT molecular complexity index is 381. The molecule has 214 valence electrons. The first-order valence-electron chi connectivity index (χ1n) is 15.8. The SMILES string of the molecule is CCCCCCCCCCCCCCCCCCCCCCCCC(CC)O[NH2+]C(O)C(C)C.[Br-]. The van der Waals surface area contributed by atoms with Crippen LogP contribution in [0.25, 0.3) is 0 Å². The van der Waals surface area contributed by atoms with Crippen molar-refractivity contribution in [1.82, 2.24) is 0 Å². The number of aliphatic hydroxyl groups excluding tert-OH is 1. The molecule has 0 amide bonds. The molecule has 0 aromatic heterocycles. The van der Waals surface area contributed by atoms with Crippen LogP contribution in [0, 0.1) is 5.92 Å². The normalized spacial score (nSPS) is 13.2. The Balaban J connectivity index is 0. The van der Waals surface area contributed by atoms with Crippen LogP contribution in [-0.4, -0.2) is 17.4 Å². The van der Waals surface area contributed by atoms with E-state index < -0.39 is 6.23 Å². The third-order valence-electron chi connectivity index (χ3n) is 7.43. The van der Waals surface area contributed by atoms with Crippen LogP contribution in [0.15, 0.2) is 0 Å². The minimum Gasteiger partial charge on any atom is -1.00 e. The maximum absolute atomic E-state index is 9.84. The van der Waals surface area contributed by atoms with Gasteiger partial charge in [0.15, 0.2) is 0 Å². The average molecular weight is 565 g/mol. The number of hydroxylamine groups is 1. The highest BCUT2D eigenvalue weighted by Crippen LogP contribution is 2.16. The summed E-state index contributed by atoms with van der Waals surface area (Å²) in [5, 5.41) is 9.84. The topological polar surface area (TPSA) is 46.1 Å². The second kappa shape index (κ2) is 30.6. The number of rotatable bonds is 28. The van der Waals surface area contributed by atoms with Gasteiger partial charge in [0.25, 0.3) is 0 Å². The fraction of sp³-hybridized carbons (Fsp3) is 1.00. The highest BCUT2D eigenvalue weighted by molar-refractivity contribution is 4.55. The Morgan fingerprint density at radius 1 is 0.543 bits per heavy atom. The van der Waals surface area contributed by atoms with E-state index in [0.29, 0.717) is 0 Å². The Kier molecular flexibility index (Phi) is 32.8. The van der Waals surface area contributed by atoms with Gasteiger partial charge in [0, 0.05) is 5.92 Å².